The van der Waals surface area contributed by atoms with Gasteiger partial charge in [0.25, 0.3) is 0 Å². The molecule has 0 aliphatic carbocycles. The van der Waals surface area contributed by atoms with Gasteiger partial charge in [-0.1, -0.05) is 13.3 Å². The molecule has 1 aliphatic heterocycles. The second-order valence-electron chi connectivity index (χ2n) is 6.11. The van der Waals surface area contributed by atoms with Crippen LogP contribution in [0, 0.1) is 0 Å². The maximum atomic E-state index is 4.28. The quantitative estimate of drug-likeness (QED) is 0.448. The average molecular weight is 382 g/mol. The second-order valence-corrected chi connectivity index (χ2v) is 6.11. The molecule has 0 aromatic carbocycles. The summed E-state index contributed by atoms with van der Waals surface area (Å²) in [6, 6.07) is 0.655. The molecule has 0 aromatic rings. The normalized spacial score (nSPS) is 21.7. The maximum absolute atomic E-state index is 4.28. The van der Waals surface area contributed by atoms with Crippen LogP contribution in [-0.2, 0) is 0 Å². The lowest BCUT2D eigenvalue weighted by atomic mass is 10.0. The first-order valence-electron chi connectivity index (χ1n) is 7.19. The first-order valence-corrected chi connectivity index (χ1v) is 7.19. The molecule has 1 atom stereocenters. The number of aliphatic imine (C=N–C) groups is 1. The van der Waals surface area contributed by atoms with Gasteiger partial charge in [-0.25, -0.2) is 0 Å². The van der Waals surface area contributed by atoms with E-state index < -0.39 is 0 Å². The van der Waals surface area contributed by atoms with Crippen molar-refractivity contribution in [1.82, 2.24) is 15.5 Å². The zero-order valence-electron chi connectivity index (χ0n) is 13.1. The largest absolute Gasteiger partial charge is 0.355 e. The van der Waals surface area contributed by atoms with Crippen molar-refractivity contribution in [3.05, 3.63) is 0 Å². The van der Waals surface area contributed by atoms with Crippen LogP contribution >= 0.6 is 24.0 Å². The van der Waals surface area contributed by atoms with Crippen molar-refractivity contribution in [2.75, 3.05) is 26.7 Å². The van der Waals surface area contributed by atoms with Crippen molar-refractivity contribution in [3.8, 4) is 0 Å². The van der Waals surface area contributed by atoms with Crippen molar-refractivity contribution in [3.63, 3.8) is 0 Å². The fourth-order valence-corrected chi connectivity index (χ4v) is 2.46. The Morgan fingerprint density at radius 2 is 2.00 bits per heavy atom. The first-order chi connectivity index (χ1) is 8.46. The van der Waals surface area contributed by atoms with Crippen LogP contribution in [0.2, 0.25) is 0 Å². The highest BCUT2D eigenvalue weighted by atomic mass is 127. The van der Waals surface area contributed by atoms with Crippen LogP contribution in [-0.4, -0.2) is 49.1 Å². The standard InChI is InChI=1S/C14H30N4.HI/c1-6-18-10-8-7-9-12(18)11-16-13(15-5)17-14(2,3)4;/h12H,6-11H2,1-5H3,(H2,15,16,17);1H. The fourth-order valence-electron chi connectivity index (χ4n) is 2.46. The predicted molar refractivity (Wildman–Crippen MR) is 94.6 cm³/mol. The monoisotopic (exact) mass is 382 g/mol. The van der Waals surface area contributed by atoms with E-state index >= 15 is 0 Å². The van der Waals surface area contributed by atoms with Gasteiger partial charge in [0.2, 0.25) is 0 Å². The molecule has 1 saturated heterocycles. The minimum atomic E-state index is 0. The molecular formula is C14H31IN4. The van der Waals surface area contributed by atoms with Crippen LogP contribution in [0.3, 0.4) is 0 Å². The molecule has 1 heterocycles. The molecule has 1 rings (SSSR count). The minimum absolute atomic E-state index is 0. The number of nitrogens with one attached hydrogen (secondary N) is 2. The number of nitrogens with zero attached hydrogens (tertiary/aromatic N) is 2. The Balaban J connectivity index is 0.00000324. The molecule has 0 spiro atoms. The van der Waals surface area contributed by atoms with Crippen molar-refractivity contribution < 1.29 is 0 Å². The molecule has 2 N–H and O–H groups in total. The predicted octanol–water partition coefficient (Wildman–Crippen LogP) is 2.44. The summed E-state index contributed by atoms with van der Waals surface area (Å²) in [7, 11) is 1.83. The van der Waals surface area contributed by atoms with Crippen molar-refractivity contribution in [2.24, 2.45) is 4.99 Å². The highest BCUT2D eigenvalue weighted by Crippen LogP contribution is 2.15. The average Bonchev–Trinajstić information content (AvgIpc) is 2.33. The Morgan fingerprint density at radius 3 is 2.53 bits per heavy atom. The van der Waals surface area contributed by atoms with Gasteiger partial charge in [-0.05, 0) is 46.7 Å². The summed E-state index contributed by atoms with van der Waals surface area (Å²) >= 11 is 0. The Labute approximate surface area is 135 Å². The number of piperidine rings is 1. The Kier molecular flexibility index (Phi) is 8.98. The lowest BCUT2D eigenvalue weighted by Crippen LogP contribution is -2.52. The van der Waals surface area contributed by atoms with Crippen molar-refractivity contribution in [2.45, 2.75) is 58.5 Å². The highest BCUT2D eigenvalue weighted by Gasteiger charge is 2.21. The molecule has 0 bridgehead atoms. The molecule has 1 unspecified atom stereocenters. The minimum Gasteiger partial charge on any atom is -0.355 e. The Bertz CT molecular complexity index is 273. The lowest BCUT2D eigenvalue weighted by Gasteiger charge is -2.35. The van der Waals surface area contributed by atoms with Crippen molar-refractivity contribution in [1.29, 1.82) is 0 Å². The van der Waals surface area contributed by atoms with E-state index in [1.165, 1.54) is 25.8 Å². The van der Waals surface area contributed by atoms with Gasteiger partial charge < -0.3 is 10.6 Å². The van der Waals surface area contributed by atoms with E-state index in [0.717, 1.165) is 19.0 Å². The molecule has 19 heavy (non-hydrogen) atoms. The van der Waals surface area contributed by atoms with Gasteiger partial charge in [0.05, 0.1) is 0 Å². The van der Waals surface area contributed by atoms with Crippen LogP contribution in [0.4, 0.5) is 0 Å². The molecule has 5 heteroatoms. The number of hydrogen-bond donors (Lipinski definition) is 2. The topological polar surface area (TPSA) is 39.7 Å². The van der Waals surface area contributed by atoms with Crippen LogP contribution in [0.15, 0.2) is 4.99 Å². The second kappa shape index (κ2) is 9.00. The molecule has 0 saturated carbocycles. The number of hydrogen-bond acceptors (Lipinski definition) is 2. The third-order valence-electron chi connectivity index (χ3n) is 3.38. The lowest BCUT2D eigenvalue weighted by molar-refractivity contribution is 0.157. The van der Waals surface area contributed by atoms with Crippen molar-refractivity contribution >= 4 is 29.9 Å². The van der Waals surface area contributed by atoms with E-state index in [9.17, 15) is 0 Å². The van der Waals surface area contributed by atoms with Gasteiger partial charge in [-0.15, -0.1) is 24.0 Å². The highest BCUT2D eigenvalue weighted by molar-refractivity contribution is 14.0. The van der Waals surface area contributed by atoms with Gasteiger partial charge in [0, 0.05) is 25.2 Å². The molecule has 1 aliphatic rings. The molecule has 114 valence electrons. The zero-order valence-corrected chi connectivity index (χ0v) is 15.5. The van der Waals surface area contributed by atoms with E-state index in [4.69, 9.17) is 0 Å². The number of likely N-dealkylation sites (tertiary alicyclic amines) is 1. The number of rotatable bonds is 3. The third-order valence-corrected chi connectivity index (χ3v) is 3.38. The van der Waals surface area contributed by atoms with Gasteiger partial charge >= 0.3 is 0 Å². The summed E-state index contributed by atoms with van der Waals surface area (Å²) in [5, 5.41) is 6.86. The maximum Gasteiger partial charge on any atom is 0.191 e. The van der Waals surface area contributed by atoms with Gasteiger partial charge in [-0.2, -0.15) is 0 Å². The molecule has 4 nitrogen and oxygen atoms in total. The van der Waals surface area contributed by atoms with Crippen LogP contribution in [0.5, 0.6) is 0 Å². The summed E-state index contributed by atoms with van der Waals surface area (Å²) < 4.78 is 0. The third kappa shape index (κ3) is 7.34. The Hall–Kier alpha value is -0.0400. The van der Waals surface area contributed by atoms with E-state index in [-0.39, 0.29) is 29.5 Å². The van der Waals surface area contributed by atoms with Gasteiger partial charge in [0.1, 0.15) is 0 Å². The molecule has 1 fully saturated rings. The summed E-state index contributed by atoms with van der Waals surface area (Å²) in [5.74, 6) is 0.907. The van der Waals surface area contributed by atoms with E-state index in [1.54, 1.807) is 0 Å². The molecule has 0 amide bonds. The van der Waals surface area contributed by atoms with Crippen LogP contribution < -0.4 is 10.6 Å². The first kappa shape index (κ1) is 19.0. The van der Waals surface area contributed by atoms with E-state index in [1.807, 2.05) is 7.05 Å². The van der Waals surface area contributed by atoms with Gasteiger partial charge in [-0.3, -0.25) is 9.89 Å². The number of likely N-dealkylation sites (N-methyl/N-ethyl adjacent to an activating group) is 1. The van der Waals surface area contributed by atoms with Crippen LogP contribution in [0.25, 0.3) is 0 Å². The summed E-state index contributed by atoms with van der Waals surface area (Å²) in [6.07, 6.45) is 4.00. The summed E-state index contributed by atoms with van der Waals surface area (Å²) in [5.41, 5.74) is 0.0544. The van der Waals surface area contributed by atoms with Crippen LogP contribution in [0.1, 0.15) is 47.0 Å². The Morgan fingerprint density at radius 1 is 1.32 bits per heavy atom. The smallest absolute Gasteiger partial charge is 0.191 e. The summed E-state index contributed by atoms with van der Waals surface area (Å²) in [4.78, 5) is 6.85. The number of guanidine groups is 1. The zero-order chi connectivity index (χ0) is 13.6. The number of halogens is 1. The fraction of sp³-hybridized carbons (Fsp3) is 0.929. The van der Waals surface area contributed by atoms with E-state index in [0.29, 0.717) is 6.04 Å². The van der Waals surface area contributed by atoms with Gasteiger partial charge in [0.15, 0.2) is 5.96 Å². The molecule has 0 radical (unpaired) electrons. The summed E-state index contributed by atoms with van der Waals surface area (Å²) in [6.45, 7) is 12.1. The van der Waals surface area contributed by atoms with E-state index in [2.05, 4.69) is 48.2 Å². The molecular weight excluding hydrogens is 351 g/mol. The molecule has 0 aromatic heterocycles. The SMILES string of the molecule is CCN1CCCCC1CNC(=NC)NC(C)(C)C.I.